The Morgan fingerprint density at radius 3 is 2.68 bits per heavy atom. The van der Waals surface area contributed by atoms with Gasteiger partial charge in [0, 0.05) is 17.1 Å². The Morgan fingerprint density at radius 1 is 1.06 bits per heavy atom. The molecule has 2 amide bonds. The van der Waals surface area contributed by atoms with Crippen molar-refractivity contribution in [2.75, 3.05) is 23.5 Å². The van der Waals surface area contributed by atoms with E-state index in [9.17, 15) is 4.79 Å². The van der Waals surface area contributed by atoms with Crippen molar-refractivity contribution in [3.63, 3.8) is 0 Å². The van der Waals surface area contributed by atoms with Gasteiger partial charge in [0.1, 0.15) is 17.6 Å². The van der Waals surface area contributed by atoms with Crippen molar-refractivity contribution in [3.8, 4) is 11.4 Å². The molecule has 0 unspecified atom stereocenters. The van der Waals surface area contributed by atoms with E-state index in [1.54, 1.807) is 19.2 Å². The van der Waals surface area contributed by atoms with Crippen LogP contribution >= 0.6 is 0 Å². The number of rotatable bonds is 4. The maximum absolute atomic E-state index is 12.4. The number of nitrogens with zero attached hydrogens (tertiary/aromatic N) is 3. The SMILES string of the molecule is COc1ccccc1NC(=O)Nc1ccc(-n2c3c(c4ncnc(N)c42)CCC3)cc1. The molecule has 0 fully saturated rings. The summed E-state index contributed by atoms with van der Waals surface area (Å²) in [5, 5.41) is 5.66. The number of benzene rings is 2. The van der Waals surface area contributed by atoms with Crippen molar-refractivity contribution in [2.45, 2.75) is 19.3 Å². The number of methoxy groups -OCH3 is 1. The molecule has 2 aromatic heterocycles. The molecule has 4 N–H and O–H groups in total. The third-order valence-corrected chi connectivity index (χ3v) is 5.56. The molecule has 8 nitrogen and oxygen atoms in total. The Bertz CT molecular complexity index is 1280. The number of carbonyl (C=O) groups excluding carboxylic acids is 1. The van der Waals surface area contributed by atoms with Crippen molar-refractivity contribution >= 4 is 34.3 Å². The van der Waals surface area contributed by atoms with Crippen LogP contribution in [-0.4, -0.2) is 27.7 Å². The number of amides is 2. The maximum atomic E-state index is 12.4. The zero-order chi connectivity index (χ0) is 21.4. The first-order valence-corrected chi connectivity index (χ1v) is 10.1. The topological polar surface area (TPSA) is 107 Å². The predicted molar refractivity (Wildman–Crippen MR) is 121 cm³/mol. The number of para-hydroxylation sites is 2. The number of aromatic nitrogens is 3. The van der Waals surface area contributed by atoms with E-state index in [2.05, 4.69) is 25.2 Å². The minimum absolute atomic E-state index is 0.345. The van der Waals surface area contributed by atoms with Crippen LogP contribution in [0.4, 0.5) is 22.0 Å². The third kappa shape index (κ3) is 3.31. The zero-order valence-electron chi connectivity index (χ0n) is 17.1. The molecule has 0 spiro atoms. The van der Waals surface area contributed by atoms with Gasteiger partial charge in [-0.15, -0.1) is 0 Å². The summed E-state index contributed by atoms with van der Waals surface area (Å²) in [6.45, 7) is 0. The van der Waals surface area contributed by atoms with Gasteiger partial charge in [0.2, 0.25) is 0 Å². The van der Waals surface area contributed by atoms with Gasteiger partial charge in [-0.3, -0.25) is 0 Å². The fourth-order valence-corrected chi connectivity index (χ4v) is 4.21. The lowest BCUT2D eigenvalue weighted by molar-refractivity contribution is 0.262. The molecule has 4 aromatic rings. The fourth-order valence-electron chi connectivity index (χ4n) is 4.21. The monoisotopic (exact) mass is 414 g/mol. The van der Waals surface area contributed by atoms with Crippen molar-refractivity contribution in [3.05, 3.63) is 66.1 Å². The minimum atomic E-state index is -0.345. The lowest BCUT2D eigenvalue weighted by Gasteiger charge is -2.13. The summed E-state index contributed by atoms with van der Waals surface area (Å²) in [7, 11) is 1.57. The number of hydrogen-bond donors (Lipinski definition) is 3. The number of ether oxygens (including phenoxy) is 1. The molecule has 0 saturated carbocycles. The Labute approximate surface area is 179 Å². The molecule has 31 heavy (non-hydrogen) atoms. The Morgan fingerprint density at radius 2 is 1.87 bits per heavy atom. The fraction of sp³-hybridized carbons (Fsp3) is 0.174. The molecule has 0 saturated heterocycles. The average molecular weight is 414 g/mol. The molecule has 2 heterocycles. The number of carbonyl (C=O) groups is 1. The van der Waals surface area contributed by atoms with Gasteiger partial charge in [-0.1, -0.05) is 12.1 Å². The van der Waals surface area contributed by atoms with E-state index in [1.165, 1.54) is 17.6 Å². The number of aryl methyl sites for hydroxylation is 1. The van der Waals surface area contributed by atoms with Crippen molar-refractivity contribution in [1.29, 1.82) is 0 Å². The Kier molecular flexibility index (Phi) is 4.66. The van der Waals surface area contributed by atoms with Gasteiger partial charge >= 0.3 is 6.03 Å². The smallest absolute Gasteiger partial charge is 0.323 e. The van der Waals surface area contributed by atoms with Crippen LogP contribution < -0.4 is 21.1 Å². The molecule has 156 valence electrons. The van der Waals surface area contributed by atoms with Gasteiger partial charge in [-0.2, -0.15) is 0 Å². The number of urea groups is 1. The quantitative estimate of drug-likeness (QED) is 0.465. The molecule has 0 radical (unpaired) electrons. The van der Waals surface area contributed by atoms with Gasteiger partial charge < -0.3 is 25.7 Å². The van der Waals surface area contributed by atoms with E-state index in [4.69, 9.17) is 10.5 Å². The van der Waals surface area contributed by atoms with Crippen molar-refractivity contribution in [2.24, 2.45) is 0 Å². The first-order chi connectivity index (χ1) is 15.2. The first kappa shape index (κ1) is 18.9. The van der Waals surface area contributed by atoms with Crippen LogP contribution in [0.3, 0.4) is 0 Å². The molecule has 0 aliphatic heterocycles. The molecule has 1 aliphatic carbocycles. The van der Waals surface area contributed by atoms with E-state index in [1.807, 2.05) is 36.4 Å². The molecule has 8 heteroatoms. The van der Waals surface area contributed by atoms with Gasteiger partial charge in [0.05, 0.1) is 18.3 Å². The number of nitrogens with one attached hydrogen (secondary N) is 2. The molecule has 0 bridgehead atoms. The van der Waals surface area contributed by atoms with Crippen LogP contribution in [0.15, 0.2) is 54.9 Å². The standard InChI is InChI=1S/C23H22N6O2/c1-31-19-8-3-2-6-17(19)28-23(30)27-14-9-11-15(12-10-14)29-18-7-4-5-16(18)20-21(29)22(24)26-13-25-20/h2-3,6,8-13H,4-5,7H2,1H3,(H2,24,25,26)(H2,27,28,30). The molecular formula is C23H22N6O2. The van der Waals surface area contributed by atoms with Crippen LogP contribution in [0.2, 0.25) is 0 Å². The normalized spacial score (nSPS) is 12.5. The second-order valence-corrected chi connectivity index (χ2v) is 7.40. The van der Waals surface area contributed by atoms with Gasteiger partial charge in [0.25, 0.3) is 0 Å². The third-order valence-electron chi connectivity index (χ3n) is 5.56. The van der Waals surface area contributed by atoms with E-state index >= 15 is 0 Å². The van der Waals surface area contributed by atoms with Gasteiger partial charge in [-0.25, -0.2) is 14.8 Å². The number of hydrogen-bond acceptors (Lipinski definition) is 5. The molecular weight excluding hydrogens is 392 g/mol. The second-order valence-electron chi connectivity index (χ2n) is 7.40. The highest BCUT2D eigenvalue weighted by Gasteiger charge is 2.25. The summed E-state index contributed by atoms with van der Waals surface area (Å²) < 4.78 is 7.41. The summed E-state index contributed by atoms with van der Waals surface area (Å²) in [5.74, 6) is 1.07. The lowest BCUT2D eigenvalue weighted by Crippen LogP contribution is -2.19. The predicted octanol–water partition coefficient (Wildman–Crippen LogP) is 4.14. The van der Waals surface area contributed by atoms with Crippen LogP contribution in [0.1, 0.15) is 17.7 Å². The molecule has 0 atom stereocenters. The van der Waals surface area contributed by atoms with Crippen LogP contribution in [-0.2, 0) is 12.8 Å². The summed E-state index contributed by atoms with van der Waals surface area (Å²) >= 11 is 0. The highest BCUT2D eigenvalue weighted by atomic mass is 16.5. The highest BCUT2D eigenvalue weighted by Crippen LogP contribution is 2.36. The largest absolute Gasteiger partial charge is 0.495 e. The lowest BCUT2D eigenvalue weighted by atomic mass is 10.2. The zero-order valence-corrected chi connectivity index (χ0v) is 17.1. The number of anilines is 3. The molecule has 1 aliphatic rings. The average Bonchev–Trinajstić information content (AvgIpc) is 3.37. The van der Waals surface area contributed by atoms with E-state index in [0.717, 1.165) is 36.0 Å². The van der Waals surface area contributed by atoms with Gasteiger partial charge in [0.15, 0.2) is 5.82 Å². The maximum Gasteiger partial charge on any atom is 0.323 e. The van der Waals surface area contributed by atoms with Crippen LogP contribution in [0.25, 0.3) is 16.7 Å². The summed E-state index contributed by atoms with van der Waals surface area (Å²) in [5.41, 5.74) is 12.7. The highest BCUT2D eigenvalue weighted by molar-refractivity contribution is 6.00. The van der Waals surface area contributed by atoms with Crippen LogP contribution in [0.5, 0.6) is 5.75 Å². The van der Waals surface area contributed by atoms with Crippen LogP contribution in [0, 0.1) is 0 Å². The summed E-state index contributed by atoms with van der Waals surface area (Å²) in [6, 6.07) is 14.6. The van der Waals surface area contributed by atoms with Crippen molar-refractivity contribution < 1.29 is 9.53 Å². The second kappa shape index (κ2) is 7.64. The first-order valence-electron chi connectivity index (χ1n) is 10.1. The Balaban J connectivity index is 1.41. The summed E-state index contributed by atoms with van der Waals surface area (Å²) in [4.78, 5) is 21.1. The van der Waals surface area contributed by atoms with E-state index < -0.39 is 0 Å². The molecule has 5 rings (SSSR count). The van der Waals surface area contributed by atoms with Crippen molar-refractivity contribution in [1.82, 2.24) is 14.5 Å². The molecule has 2 aromatic carbocycles. The number of nitrogens with two attached hydrogens (primary N) is 1. The van der Waals surface area contributed by atoms with E-state index in [0.29, 0.717) is 22.9 Å². The van der Waals surface area contributed by atoms with Gasteiger partial charge in [-0.05, 0) is 61.2 Å². The van der Waals surface area contributed by atoms with E-state index in [-0.39, 0.29) is 6.03 Å². The summed E-state index contributed by atoms with van der Waals surface area (Å²) in [6.07, 6.45) is 4.60. The number of fused-ring (bicyclic) bond motifs is 3. The minimum Gasteiger partial charge on any atom is -0.495 e. The Hall–Kier alpha value is -4.07. The number of nitrogen functional groups attached to an aromatic ring is 1.